The summed E-state index contributed by atoms with van der Waals surface area (Å²) >= 11 is 0. The molecule has 1 aliphatic heterocycles. The second-order valence-corrected chi connectivity index (χ2v) is 6.07. The molecule has 2 heterocycles. The Morgan fingerprint density at radius 1 is 1.50 bits per heavy atom. The SMILES string of the molecule is CCC(N)C(c1cnn(C)c1)N1CCCC1(C)C. The van der Waals surface area contributed by atoms with Crippen molar-refractivity contribution in [3.63, 3.8) is 0 Å². The lowest BCUT2D eigenvalue weighted by Gasteiger charge is -2.40. The van der Waals surface area contributed by atoms with Crippen molar-refractivity contribution >= 4 is 0 Å². The number of hydrogen-bond donors (Lipinski definition) is 1. The van der Waals surface area contributed by atoms with E-state index in [1.54, 1.807) is 0 Å². The van der Waals surface area contributed by atoms with E-state index in [2.05, 4.69) is 37.0 Å². The summed E-state index contributed by atoms with van der Waals surface area (Å²) in [5.41, 5.74) is 7.88. The Morgan fingerprint density at radius 2 is 2.22 bits per heavy atom. The molecule has 2 unspecified atom stereocenters. The van der Waals surface area contributed by atoms with Gasteiger partial charge in [-0.3, -0.25) is 9.58 Å². The zero-order valence-corrected chi connectivity index (χ0v) is 12.1. The number of nitrogens with two attached hydrogens (primary N) is 1. The van der Waals surface area contributed by atoms with Crippen LogP contribution in [-0.2, 0) is 7.05 Å². The van der Waals surface area contributed by atoms with Gasteiger partial charge in [0, 0.05) is 30.4 Å². The summed E-state index contributed by atoms with van der Waals surface area (Å²) in [6.45, 7) is 7.95. The van der Waals surface area contributed by atoms with Crippen molar-refractivity contribution in [2.75, 3.05) is 6.54 Å². The molecular formula is C14H26N4. The first-order valence-corrected chi connectivity index (χ1v) is 6.96. The molecule has 0 aromatic carbocycles. The van der Waals surface area contributed by atoms with Crippen LogP contribution in [0, 0.1) is 0 Å². The van der Waals surface area contributed by atoms with E-state index in [1.165, 1.54) is 18.4 Å². The first kappa shape index (κ1) is 13.6. The number of rotatable bonds is 4. The Hall–Kier alpha value is -0.870. The molecule has 0 radical (unpaired) electrons. The minimum atomic E-state index is 0.173. The predicted octanol–water partition coefficient (Wildman–Crippen LogP) is 2.07. The van der Waals surface area contributed by atoms with Gasteiger partial charge in [-0.05, 0) is 39.7 Å². The second kappa shape index (κ2) is 5.02. The van der Waals surface area contributed by atoms with Crippen LogP contribution in [0.25, 0.3) is 0 Å². The highest BCUT2D eigenvalue weighted by Crippen LogP contribution is 2.38. The fourth-order valence-electron chi connectivity index (χ4n) is 3.12. The summed E-state index contributed by atoms with van der Waals surface area (Å²) < 4.78 is 1.87. The topological polar surface area (TPSA) is 47.1 Å². The van der Waals surface area contributed by atoms with Crippen molar-refractivity contribution < 1.29 is 0 Å². The maximum absolute atomic E-state index is 6.38. The number of hydrogen-bond acceptors (Lipinski definition) is 3. The summed E-state index contributed by atoms with van der Waals surface area (Å²) in [4.78, 5) is 2.57. The minimum Gasteiger partial charge on any atom is -0.326 e. The smallest absolute Gasteiger partial charge is 0.0538 e. The molecule has 0 aliphatic carbocycles. The third kappa shape index (κ3) is 2.45. The van der Waals surface area contributed by atoms with Crippen LogP contribution in [0.5, 0.6) is 0 Å². The number of likely N-dealkylation sites (tertiary alicyclic amines) is 1. The van der Waals surface area contributed by atoms with Gasteiger partial charge in [-0.25, -0.2) is 0 Å². The second-order valence-electron chi connectivity index (χ2n) is 6.07. The molecular weight excluding hydrogens is 224 g/mol. The number of aromatic nitrogens is 2. The maximum Gasteiger partial charge on any atom is 0.0538 e. The minimum absolute atomic E-state index is 0.173. The molecule has 2 atom stereocenters. The van der Waals surface area contributed by atoms with Crippen molar-refractivity contribution in [3.8, 4) is 0 Å². The van der Waals surface area contributed by atoms with Crippen LogP contribution >= 0.6 is 0 Å². The summed E-state index contributed by atoms with van der Waals surface area (Å²) in [6, 6.07) is 0.466. The van der Waals surface area contributed by atoms with Crippen molar-refractivity contribution in [2.45, 2.75) is 57.7 Å². The molecule has 1 aromatic heterocycles. The van der Waals surface area contributed by atoms with Crippen LogP contribution < -0.4 is 5.73 Å². The lowest BCUT2D eigenvalue weighted by atomic mass is 9.94. The number of aryl methyl sites for hydroxylation is 1. The fourth-order valence-corrected chi connectivity index (χ4v) is 3.12. The van der Waals surface area contributed by atoms with E-state index in [-0.39, 0.29) is 11.6 Å². The normalized spacial score (nSPS) is 23.2. The lowest BCUT2D eigenvalue weighted by molar-refractivity contribution is 0.0964. The zero-order chi connectivity index (χ0) is 13.3. The van der Waals surface area contributed by atoms with E-state index in [1.807, 2.05) is 17.9 Å². The highest BCUT2D eigenvalue weighted by Gasteiger charge is 2.39. The molecule has 1 fully saturated rings. The maximum atomic E-state index is 6.38. The first-order chi connectivity index (χ1) is 8.45. The van der Waals surface area contributed by atoms with Crippen molar-refractivity contribution in [3.05, 3.63) is 18.0 Å². The lowest BCUT2D eigenvalue weighted by Crippen LogP contribution is -2.47. The quantitative estimate of drug-likeness (QED) is 0.890. The molecule has 0 bridgehead atoms. The van der Waals surface area contributed by atoms with E-state index in [4.69, 9.17) is 5.73 Å². The standard InChI is InChI=1S/C14H26N4/c1-5-12(15)13(11-9-16-17(4)10-11)18-8-6-7-14(18,2)3/h9-10,12-13H,5-8,15H2,1-4H3. The molecule has 1 aromatic rings. The molecule has 2 N–H and O–H groups in total. The third-order valence-corrected chi connectivity index (χ3v) is 4.24. The highest BCUT2D eigenvalue weighted by molar-refractivity contribution is 5.15. The summed E-state index contributed by atoms with van der Waals surface area (Å²) in [6.07, 6.45) is 7.58. The van der Waals surface area contributed by atoms with Crippen LogP contribution in [0.3, 0.4) is 0 Å². The van der Waals surface area contributed by atoms with E-state index < -0.39 is 0 Å². The average molecular weight is 250 g/mol. The van der Waals surface area contributed by atoms with Crippen molar-refractivity contribution in [1.82, 2.24) is 14.7 Å². The van der Waals surface area contributed by atoms with Gasteiger partial charge >= 0.3 is 0 Å². The molecule has 18 heavy (non-hydrogen) atoms. The molecule has 0 amide bonds. The molecule has 2 rings (SSSR count). The Balaban J connectivity index is 2.31. The molecule has 0 saturated carbocycles. The van der Waals surface area contributed by atoms with E-state index in [0.29, 0.717) is 6.04 Å². The first-order valence-electron chi connectivity index (χ1n) is 6.96. The molecule has 4 heteroatoms. The van der Waals surface area contributed by atoms with Gasteiger partial charge in [-0.2, -0.15) is 5.10 Å². The summed E-state index contributed by atoms with van der Waals surface area (Å²) in [5, 5.41) is 4.31. The Bertz CT molecular complexity index is 396. The predicted molar refractivity (Wildman–Crippen MR) is 74.2 cm³/mol. The van der Waals surface area contributed by atoms with Gasteiger partial charge in [0.1, 0.15) is 0 Å². The Labute approximate surface area is 110 Å². The summed E-state index contributed by atoms with van der Waals surface area (Å²) in [7, 11) is 1.97. The van der Waals surface area contributed by atoms with Gasteiger partial charge in [0.2, 0.25) is 0 Å². The molecule has 102 valence electrons. The molecule has 1 saturated heterocycles. The van der Waals surface area contributed by atoms with E-state index in [9.17, 15) is 0 Å². The van der Waals surface area contributed by atoms with Crippen LogP contribution in [0.4, 0.5) is 0 Å². The molecule has 0 spiro atoms. The summed E-state index contributed by atoms with van der Waals surface area (Å²) in [5.74, 6) is 0. The van der Waals surface area contributed by atoms with E-state index in [0.717, 1.165) is 13.0 Å². The molecule has 4 nitrogen and oxygen atoms in total. The van der Waals surface area contributed by atoms with Gasteiger partial charge in [0.25, 0.3) is 0 Å². The average Bonchev–Trinajstić information content (AvgIpc) is 2.87. The van der Waals surface area contributed by atoms with Gasteiger partial charge in [-0.1, -0.05) is 6.92 Å². The largest absolute Gasteiger partial charge is 0.326 e. The van der Waals surface area contributed by atoms with Gasteiger partial charge < -0.3 is 5.73 Å². The van der Waals surface area contributed by atoms with Crippen LogP contribution in [0.1, 0.15) is 51.6 Å². The van der Waals surface area contributed by atoms with E-state index >= 15 is 0 Å². The van der Waals surface area contributed by atoms with Gasteiger partial charge in [0.15, 0.2) is 0 Å². The Morgan fingerprint density at radius 3 is 2.67 bits per heavy atom. The molecule has 1 aliphatic rings. The monoisotopic (exact) mass is 250 g/mol. The number of nitrogens with zero attached hydrogens (tertiary/aromatic N) is 3. The fraction of sp³-hybridized carbons (Fsp3) is 0.786. The van der Waals surface area contributed by atoms with Crippen LogP contribution in [0.2, 0.25) is 0 Å². The van der Waals surface area contributed by atoms with Crippen molar-refractivity contribution in [1.29, 1.82) is 0 Å². The van der Waals surface area contributed by atoms with Gasteiger partial charge in [0.05, 0.1) is 12.2 Å². The van der Waals surface area contributed by atoms with Crippen molar-refractivity contribution in [2.24, 2.45) is 12.8 Å². The third-order valence-electron chi connectivity index (χ3n) is 4.24. The highest BCUT2D eigenvalue weighted by atomic mass is 15.3. The zero-order valence-electron chi connectivity index (χ0n) is 12.1. The van der Waals surface area contributed by atoms with Crippen LogP contribution in [-0.4, -0.2) is 32.8 Å². The Kier molecular flexibility index (Phi) is 3.78. The van der Waals surface area contributed by atoms with Crippen LogP contribution in [0.15, 0.2) is 12.4 Å². The van der Waals surface area contributed by atoms with Gasteiger partial charge in [-0.15, -0.1) is 0 Å².